The summed E-state index contributed by atoms with van der Waals surface area (Å²) in [6, 6.07) is 10.2. The van der Waals surface area contributed by atoms with Gasteiger partial charge >= 0.3 is 0 Å². The van der Waals surface area contributed by atoms with Gasteiger partial charge in [0.25, 0.3) is 17.7 Å². The van der Waals surface area contributed by atoms with Gasteiger partial charge in [-0.05, 0) is 48.6 Å². The molecule has 142 valence electrons. The summed E-state index contributed by atoms with van der Waals surface area (Å²) in [7, 11) is 0. The number of anilines is 1. The van der Waals surface area contributed by atoms with E-state index in [0.717, 1.165) is 12.8 Å². The zero-order valence-electron chi connectivity index (χ0n) is 14.7. The molecule has 8 heteroatoms. The Morgan fingerprint density at radius 3 is 2.41 bits per heavy atom. The minimum absolute atomic E-state index is 0.148. The molecule has 1 unspecified atom stereocenters. The molecule has 1 aromatic heterocycles. The molecule has 1 fully saturated rings. The van der Waals surface area contributed by atoms with Crippen molar-refractivity contribution in [3.05, 3.63) is 52.2 Å². The fourth-order valence-electron chi connectivity index (χ4n) is 2.66. The van der Waals surface area contributed by atoms with Crippen LogP contribution in [0.4, 0.5) is 5.69 Å². The van der Waals surface area contributed by atoms with Crippen LogP contribution in [0.3, 0.4) is 0 Å². The van der Waals surface area contributed by atoms with Crippen LogP contribution in [0.1, 0.15) is 32.9 Å². The average molecular weight is 387 g/mol. The molecule has 0 radical (unpaired) electrons. The summed E-state index contributed by atoms with van der Waals surface area (Å²) in [4.78, 5) is 36.6. The molecule has 3 amide bonds. The highest BCUT2D eigenvalue weighted by molar-refractivity contribution is 7.12. The van der Waals surface area contributed by atoms with Gasteiger partial charge in [0.1, 0.15) is 6.10 Å². The number of thiophene rings is 1. The first-order chi connectivity index (χ1) is 13.1. The van der Waals surface area contributed by atoms with Crippen LogP contribution in [0.5, 0.6) is 0 Å². The fraction of sp³-hybridized carbons (Fsp3) is 0.316. The predicted octanol–water partition coefficient (Wildman–Crippen LogP) is 2.03. The van der Waals surface area contributed by atoms with Gasteiger partial charge in [0, 0.05) is 30.9 Å². The van der Waals surface area contributed by atoms with Gasteiger partial charge in [-0.25, -0.2) is 0 Å². The van der Waals surface area contributed by atoms with Crippen molar-refractivity contribution in [3.8, 4) is 0 Å². The van der Waals surface area contributed by atoms with E-state index in [-0.39, 0.29) is 17.7 Å². The molecule has 1 aliphatic heterocycles. The van der Waals surface area contributed by atoms with Crippen molar-refractivity contribution < 1.29 is 19.1 Å². The van der Waals surface area contributed by atoms with E-state index in [1.165, 1.54) is 11.3 Å². The average Bonchev–Trinajstić information content (AvgIpc) is 3.39. The highest BCUT2D eigenvalue weighted by Crippen LogP contribution is 2.15. The second-order valence-electron chi connectivity index (χ2n) is 6.06. The predicted molar refractivity (Wildman–Crippen MR) is 103 cm³/mol. The SMILES string of the molecule is O=C(NCCNC(=O)c1cccs1)c1ccc(NC(=O)C2CCCO2)cc1. The lowest BCUT2D eigenvalue weighted by Gasteiger charge is -2.11. The van der Waals surface area contributed by atoms with Crippen molar-refractivity contribution in [2.24, 2.45) is 0 Å². The smallest absolute Gasteiger partial charge is 0.261 e. The van der Waals surface area contributed by atoms with Crippen molar-refractivity contribution in [3.63, 3.8) is 0 Å². The van der Waals surface area contributed by atoms with Gasteiger partial charge in [0.05, 0.1) is 4.88 Å². The van der Waals surface area contributed by atoms with Gasteiger partial charge in [0.2, 0.25) is 0 Å². The molecular formula is C19H21N3O4S. The lowest BCUT2D eigenvalue weighted by atomic mass is 10.2. The number of ether oxygens (including phenoxy) is 1. The molecule has 0 saturated carbocycles. The van der Waals surface area contributed by atoms with E-state index in [1.54, 1.807) is 30.3 Å². The molecule has 2 heterocycles. The Labute approximate surface area is 161 Å². The summed E-state index contributed by atoms with van der Waals surface area (Å²) in [6.45, 7) is 1.29. The molecule has 7 nitrogen and oxygen atoms in total. The third kappa shape index (κ3) is 5.38. The molecule has 1 atom stereocenters. The maximum absolute atomic E-state index is 12.1. The Bertz CT molecular complexity index is 784. The molecule has 3 N–H and O–H groups in total. The van der Waals surface area contributed by atoms with E-state index in [0.29, 0.717) is 35.8 Å². The van der Waals surface area contributed by atoms with Crippen LogP contribution in [-0.2, 0) is 9.53 Å². The quantitative estimate of drug-likeness (QED) is 0.634. The zero-order chi connectivity index (χ0) is 19.1. The maximum Gasteiger partial charge on any atom is 0.261 e. The first kappa shape index (κ1) is 19.1. The highest BCUT2D eigenvalue weighted by Gasteiger charge is 2.23. The molecule has 27 heavy (non-hydrogen) atoms. The Kier molecular flexibility index (Phi) is 6.56. The number of hydrogen-bond acceptors (Lipinski definition) is 5. The van der Waals surface area contributed by atoms with Gasteiger partial charge in [-0.2, -0.15) is 0 Å². The summed E-state index contributed by atoms with van der Waals surface area (Å²) in [5, 5.41) is 10.1. The molecule has 2 aromatic rings. The molecule has 1 aliphatic rings. The molecule has 3 rings (SSSR count). The van der Waals surface area contributed by atoms with Crippen LogP contribution in [0.25, 0.3) is 0 Å². The van der Waals surface area contributed by atoms with Crippen LogP contribution in [0.15, 0.2) is 41.8 Å². The van der Waals surface area contributed by atoms with Gasteiger partial charge in [0.15, 0.2) is 0 Å². The van der Waals surface area contributed by atoms with Crippen LogP contribution >= 0.6 is 11.3 Å². The number of rotatable bonds is 7. The molecule has 0 aliphatic carbocycles. The molecule has 0 spiro atoms. The van der Waals surface area contributed by atoms with Gasteiger partial charge in [-0.1, -0.05) is 6.07 Å². The van der Waals surface area contributed by atoms with Gasteiger partial charge in [-0.3, -0.25) is 14.4 Å². The van der Waals surface area contributed by atoms with Crippen LogP contribution < -0.4 is 16.0 Å². The summed E-state index contributed by atoms with van der Waals surface area (Å²) < 4.78 is 5.34. The largest absolute Gasteiger partial charge is 0.368 e. The Balaban J connectivity index is 1.40. The van der Waals surface area contributed by atoms with Crippen LogP contribution in [0.2, 0.25) is 0 Å². The van der Waals surface area contributed by atoms with E-state index in [2.05, 4.69) is 16.0 Å². The standard InChI is InChI=1S/C19H21N3O4S/c23-17(20-9-10-21-19(25)16-4-2-12-27-16)13-5-7-14(8-6-13)22-18(24)15-3-1-11-26-15/h2,4-8,12,15H,1,3,9-11H2,(H,20,23)(H,21,25)(H,22,24). The van der Waals surface area contributed by atoms with Gasteiger partial charge < -0.3 is 20.7 Å². The van der Waals surface area contributed by atoms with Crippen LogP contribution in [-0.4, -0.2) is 43.5 Å². The van der Waals surface area contributed by atoms with Crippen molar-refractivity contribution in [2.75, 3.05) is 25.0 Å². The first-order valence-corrected chi connectivity index (χ1v) is 9.64. The van der Waals surface area contributed by atoms with E-state index in [1.807, 2.05) is 11.4 Å². The van der Waals surface area contributed by atoms with Gasteiger partial charge in [-0.15, -0.1) is 11.3 Å². The van der Waals surface area contributed by atoms with Crippen molar-refractivity contribution >= 4 is 34.7 Å². The van der Waals surface area contributed by atoms with Crippen molar-refractivity contribution in [1.82, 2.24) is 10.6 Å². The van der Waals surface area contributed by atoms with Crippen molar-refractivity contribution in [1.29, 1.82) is 0 Å². The maximum atomic E-state index is 12.1. The molecule has 0 bridgehead atoms. The monoisotopic (exact) mass is 387 g/mol. The third-order valence-electron chi connectivity index (χ3n) is 4.08. The summed E-state index contributed by atoms with van der Waals surface area (Å²) >= 11 is 1.37. The number of carbonyl (C=O) groups excluding carboxylic acids is 3. The molecule has 1 aromatic carbocycles. The second-order valence-corrected chi connectivity index (χ2v) is 7.01. The van der Waals surface area contributed by atoms with E-state index >= 15 is 0 Å². The first-order valence-electron chi connectivity index (χ1n) is 8.76. The molecular weight excluding hydrogens is 366 g/mol. The minimum Gasteiger partial charge on any atom is -0.368 e. The number of nitrogens with one attached hydrogen (secondary N) is 3. The third-order valence-corrected chi connectivity index (χ3v) is 4.95. The number of hydrogen-bond donors (Lipinski definition) is 3. The number of amides is 3. The number of benzene rings is 1. The summed E-state index contributed by atoms with van der Waals surface area (Å²) in [6.07, 6.45) is 1.23. The molecule has 1 saturated heterocycles. The topological polar surface area (TPSA) is 96.5 Å². The minimum atomic E-state index is -0.391. The van der Waals surface area contributed by atoms with E-state index in [4.69, 9.17) is 4.74 Å². The fourth-order valence-corrected chi connectivity index (χ4v) is 3.30. The van der Waals surface area contributed by atoms with Crippen molar-refractivity contribution in [2.45, 2.75) is 18.9 Å². The van der Waals surface area contributed by atoms with E-state index in [9.17, 15) is 14.4 Å². The highest BCUT2D eigenvalue weighted by atomic mass is 32.1. The van der Waals surface area contributed by atoms with Crippen LogP contribution in [0, 0.1) is 0 Å². The van der Waals surface area contributed by atoms with E-state index < -0.39 is 6.10 Å². The Morgan fingerprint density at radius 2 is 1.78 bits per heavy atom. The summed E-state index contributed by atoms with van der Waals surface area (Å²) in [5.74, 6) is -0.547. The summed E-state index contributed by atoms with van der Waals surface area (Å²) in [5.41, 5.74) is 1.10. The zero-order valence-corrected chi connectivity index (χ0v) is 15.5. The lowest BCUT2D eigenvalue weighted by Crippen LogP contribution is -2.34. The second kappa shape index (κ2) is 9.29. The lowest BCUT2D eigenvalue weighted by molar-refractivity contribution is -0.124. The Hall–Kier alpha value is -2.71. The number of carbonyl (C=O) groups is 3. The normalized spacial score (nSPS) is 15.9. The Morgan fingerprint density at radius 1 is 1.04 bits per heavy atom.